The fourth-order valence-electron chi connectivity index (χ4n) is 1.49. The third-order valence-corrected chi connectivity index (χ3v) is 2.36. The summed E-state index contributed by atoms with van der Waals surface area (Å²) in [5, 5.41) is 0. The molecule has 86 valence electrons. The molecule has 0 amide bonds. The van der Waals surface area contributed by atoms with Crippen molar-refractivity contribution in [2.75, 3.05) is 6.61 Å². The Kier molecular flexibility index (Phi) is 6.28. The smallest absolute Gasteiger partial charge is 0.0716 e. The van der Waals surface area contributed by atoms with Gasteiger partial charge in [0.15, 0.2) is 0 Å². The van der Waals surface area contributed by atoms with Crippen molar-refractivity contribution >= 4 is 0 Å². The highest BCUT2D eigenvalue weighted by molar-refractivity contribution is 5.13. The molecule has 0 saturated carbocycles. The van der Waals surface area contributed by atoms with E-state index in [9.17, 15) is 0 Å². The number of hydrogen-bond donors (Lipinski definition) is 0. The van der Waals surface area contributed by atoms with Crippen LogP contribution in [0.3, 0.4) is 0 Å². The van der Waals surface area contributed by atoms with Gasteiger partial charge in [-0.2, -0.15) is 0 Å². The maximum Gasteiger partial charge on any atom is 0.0716 e. The first-order valence-electron chi connectivity index (χ1n) is 5.72. The van der Waals surface area contributed by atoms with Gasteiger partial charge in [0.2, 0.25) is 0 Å². The number of allylic oxidation sites excluding steroid dienone is 2. The predicted molar refractivity (Wildman–Crippen MR) is 69.3 cm³/mol. The molecule has 0 aromatic heterocycles. The molecule has 0 saturated heterocycles. The summed E-state index contributed by atoms with van der Waals surface area (Å²) in [5.41, 5.74) is 2.46. The zero-order chi connectivity index (χ0) is 11.6. The molecule has 0 aliphatic heterocycles. The van der Waals surface area contributed by atoms with Crippen LogP contribution in [0.15, 0.2) is 55.1 Å². The molecular weight excluding hydrogens is 196 g/mol. The van der Waals surface area contributed by atoms with E-state index in [-0.39, 0.29) is 0 Å². The van der Waals surface area contributed by atoms with Gasteiger partial charge in [-0.3, -0.25) is 0 Å². The van der Waals surface area contributed by atoms with Crippen molar-refractivity contribution in [1.82, 2.24) is 0 Å². The van der Waals surface area contributed by atoms with Crippen molar-refractivity contribution in [3.63, 3.8) is 0 Å². The van der Waals surface area contributed by atoms with Gasteiger partial charge in [-0.1, -0.05) is 48.6 Å². The van der Waals surface area contributed by atoms with Gasteiger partial charge in [0.05, 0.1) is 6.61 Å². The Morgan fingerprint density at radius 2 is 2.00 bits per heavy atom. The Bertz CT molecular complexity index is 313. The number of ether oxygens (including phenoxy) is 1. The summed E-state index contributed by atoms with van der Waals surface area (Å²) in [5.74, 6) is 0. The highest BCUT2D eigenvalue weighted by Gasteiger charge is 1.94. The van der Waals surface area contributed by atoms with E-state index in [1.165, 1.54) is 11.1 Å². The van der Waals surface area contributed by atoms with E-state index < -0.39 is 0 Å². The first-order valence-corrected chi connectivity index (χ1v) is 5.72. The topological polar surface area (TPSA) is 9.23 Å². The molecule has 0 aliphatic rings. The van der Waals surface area contributed by atoms with Crippen LogP contribution in [-0.2, 0) is 11.3 Å². The second kappa shape index (κ2) is 7.89. The molecule has 0 N–H and O–H groups in total. The van der Waals surface area contributed by atoms with Crippen LogP contribution in [0.1, 0.15) is 24.8 Å². The standard InChI is InChI=1S/C15H20O/c1-3-8-14(2)9-7-12-16-13-15-10-5-4-6-11-15/h3-6,10-11H,1-2,7-9,12-13H2. The van der Waals surface area contributed by atoms with E-state index in [1.807, 2.05) is 24.3 Å². The zero-order valence-electron chi connectivity index (χ0n) is 9.82. The van der Waals surface area contributed by atoms with Crippen LogP contribution in [0.25, 0.3) is 0 Å². The third-order valence-electron chi connectivity index (χ3n) is 2.36. The summed E-state index contributed by atoms with van der Waals surface area (Å²) in [7, 11) is 0. The molecule has 0 unspecified atom stereocenters. The quantitative estimate of drug-likeness (QED) is 0.469. The second-order valence-corrected chi connectivity index (χ2v) is 3.88. The normalized spacial score (nSPS) is 10.0. The van der Waals surface area contributed by atoms with Gasteiger partial charge in [-0.25, -0.2) is 0 Å². The second-order valence-electron chi connectivity index (χ2n) is 3.88. The first kappa shape index (κ1) is 12.7. The average molecular weight is 216 g/mol. The third kappa shape index (κ3) is 5.52. The summed E-state index contributed by atoms with van der Waals surface area (Å²) >= 11 is 0. The molecule has 0 bridgehead atoms. The summed E-state index contributed by atoms with van der Waals surface area (Å²) in [6.45, 7) is 9.17. The highest BCUT2D eigenvalue weighted by atomic mass is 16.5. The molecule has 1 aromatic carbocycles. The van der Waals surface area contributed by atoms with Crippen LogP contribution >= 0.6 is 0 Å². The fraction of sp³-hybridized carbons (Fsp3) is 0.333. The molecule has 0 atom stereocenters. The fourth-order valence-corrected chi connectivity index (χ4v) is 1.49. The Morgan fingerprint density at radius 1 is 1.25 bits per heavy atom. The van der Waals surface area contributed by atoms with E-state index in [1.54, 1.807) is 0 Å². The Morgan fingerprint density at radius 3 is 2.69 bits per heavy atom. The number of rotatable bonds is 8. The largest absolute Gasteiger partial charge is 0.377 e. The van der Waals surface area contributed by atoms with E-state index in [0.29, 0.717) is 6.61 Å². The first-order chi connectivity index (χ1) is 7.83. The maximum atomic E-state index is 5.58. The lowest BCUT2D eigenvalue weighted by Crippen LogP contribution is -1.95. The van der Waals surface area contributed by atoms with Crippen LogP contribution in [0.5, 0.6) is 0 Å². The van der Waals surface area contributed by atoms with Crippen molar-refractivity contribution < 1.29 is 4.74 Å². The summed E-state index contributed by atoms with van der Waals surface area (Å²) in [6, 6.07) is 10.2. The Hall–Kier alpha value is -1.34. The maximum absolute atomic E-state index is 5.58. The Balaban J connectivity index is 2.04. The molecule has 0 aliphatic carbocycles. The molecule has 0 radical (unpaired) electrons. The molecule has 0 spiro atoms. The number of benzene rings is 1. The molecule has 0 heterocycles. The van der Waals surface area contributed by atoms with Crippen LogP contribution in [0.4, 0.5) is 0 Å². The molecule has 1 aromatic rings. The van der Waals surface area contributed by atoms with Gasteiger partial charge >= 0.3 is 0 Å². The summed E-state index contributed by atoms with van der Waals surface area (Å²) in [6.07, 6.45) is 4.88. The van der Waals surface area contributed by atoms with E-state index in [2.05, 4.69) is 25.3 Å². The van der Waals surface area contributed by atoms with E-state index in [4.69, 9.17) is 4.74 Å². The molecule has 1 nitrogen and oxygen atoms in total. The summed E-state index contributed by atoms with van der Waals surface area (Å²) < 4.78 is 5.58. The average Bonchev–Trinajstić information content (AvgIpc) is 2.30. The van der Waals surface area contributed by atoms with Crippen LogP contribution in [-0.4, -0.2) is 6.61 Å². The molecule has 1 rings (SSSR count). The minimum atomic E-state index is 0.703. The van der Waals surface area contributed by atoms with E-state index in [0.717, 1.165) is 25.9 Å². The van der Waals surface area contributed by atoms with Crippen LogP contribution in [0.2, 0.25) is 0 Å². The number of hydrogen-bond acceptors (Lipinski definition) is 1. The minimum absolute atomic E-state index is 0.703. The lowest BCUT2D eigenvalue weighted by atomic mass is 10.1. The van der Waals surface area contributed by atoms with Crippen molar-refractivity contribution in [1.29, 1.82) is 0 Å². The van der Waals surface area contributed by atoms with E-state index >= 15 is 0 Å². The van der Waals surface area contributed by atoms with Gasteiger partial charge in [0.1, 0.15) is 0 Å². The van der Waals surface area contributed by atoms with Crippen molar-refractivity contribution in [2.45, 2.75) is 25.9 Å². The van der Waals surface area contributed by atoms with Gasteiger partial charge in [0.25, 0.3) is 0 Å². The minimum Gasteiger partial charge on any atom is -0.377 e. The highest BCUT2D eigenvalue weighted by Crippen LogP contribution is 2.08. The van der Waals surface area contributed by atoms with Gasteiger partial charge in [-0.15, -0.1) is 6.58 Å². The summed E-state index contributed by atoms with van der Waals surface area (Å²) in [4.78, 5) is 0. The van der Waals surface area contributed by atoms with Gasteiger partial charge in [0, 0.05) is 6.61 Å². The zero-order valence-corrected chi connectivity index (χ0v) is 9.82. The molecule has 16 heavy (non-hydrogen) atoms. The molecule has 1 heteroatoms. The Labute approximate surface area is 98.5 Å². The van der Waals surface area contributed by atoms with Gasteiger partial charge < -0.3 is 4.74 Å². The monoisotopic (exact) mass is 216 g/mol. The van der Waals surface area contributed by atoms with Gasteiger partial charge in [-0.05, 0) is 24.8 Å². The molecular formula is C15H20O. The van der Waals surface area contributed by atoms with Crippen LogP contribution < -0.4 is 0 Å². The van der Waals surface area contributed by atoms with Crippen molar-refractivity contribution in [3.8, 4) is 0 Å². The lowest BCUT2D eigenvalue weighted by molar-refractivity contribution is 0.118. The lowest BCUT2D eigenvalue weighted by Gasteiger charge is -2.05. The predicted octanol–water partition coefficient (Wildman–Crippen LogP) is 4.12. The van der Waals surface area contributed by atoms with Crippen LogP contribution in [0, 0.1) is 0 Å². The van der Waals surface area contributed by atoms with Crippen molar-refractivity contribution in [2.24, 2.45) is 0 Å². The SMILES string of the molecule is C=CCC(=C)CCCOCc1ccccc1. The van der Waals surface area contributed by atoms with Crippen molar-refractivity contribution in [3.05, 3.63) is 60.7 Å². The molecule has 0 fully saturated rings.